The average molecular weight is 1230 g/mol. The van der Waals surface area contributed by atoms with Gasteiger partial charge in [-0.15, -0.1) is 0 Å². The van der Waals surface area contributed by atoms with Gasteiger partial charge in [0.25, 0.3) is 0 Å². The minimum Gasteiger partial charge on any atom is -2.00 e. The predicted octanol–water partition coefficient (Wildman–Crippen LogP) is 11.9. The van der Waals surface area contributed by atoms with Gasteiger partial charge in [0.2, 0.25) is 0 Å². The standard InChI is InChI=1S/C29H25N5.C22H22N4.2CHF3O3S.Ni.H2O.O.V/c1-28(22-12-3-7-18-30-22,23-13-4-8-19-31-23)26-16-11-17-27(34-26)29(2,24-14-5-9-20-32-24)25-15-6-10-21-33-25;1-15-13-16(2)24-21-11-7-8-12-22(21)26-18(4)14-17(3)25-20-10-6-5-9-19(20)23-15;2*2-1(3,4)8(5,6)7;;;;/h3-21H,1-2H3;5-14H,1-4H3;2*(H,5,6,7);;1H2;;/q;-2;;;+3;;-2;/p-2/b;15-13-,17-14-,24-16?,26-18?;;;;;;. The van der Waals surface area contributed by atoms with Crippen molar-refractivity contribution in [1.29, 1.82) is 0 Å². The van der Waals surface area contributed by atoms with Gasteiger partial charge in [-0.2, -0.15) is 49.1 Å². The quantitative estimate of drug-likeness (QED) is 0.0652. The summed E-state index contributed by atoms with van der Waals surface area (Å²) < 4.78 is 118. The summed E-state index contributed by atoms with van der Waals surface area (Å²) in [6, 6.07) is 45.7. The van der Waals surface area contributed by atoms with Gasteiger partial charge in [0.1, 0.15) is 0 Å². The van der Waals surface area contributed by atoms with E-state index in [1.165, 1.54) is 0 Å². The number of nitrogens with zero attached hydrogens (tertiary/aromatic N) is 9. The molecule has 0 fully saturated rings. The van der Waals surface area contributed by atoms with Gasteiger partial charge < -0.3 is 30.7 Å². The summed E-state index contributed by atoms with van der Waals surface area (Å²) in [5, 5.41) is 9.43. The number of fused-ring (bicyclic) bond motifs is 2. The first-order valence-electron chi connectivity index (χ1n) is 22.4. The molecule has 0 spiro atoms. The van der Waals surface area contributed by atoms with Gasteiger partial charge in [-0.3, -0.25) is 34.9 Å². The number of allylic oxidation sites excluding steroid dienone is 4. The van der Waals surface area contributed by atoms with Crippen LogP contribution in [0.1, 0.15) is 75.7 Å². The minimum atomic E-state index is -6.09. The zero-order valence-electron chi connectivity index (χ0n) is 43.0. The van der Waals surface area contributed by atoms with Crippen LogP contribution in [0.25, 0.3) is 10.6 Å². The summed E-state index contributed by atoms with van der Waals surface area (Å²) in [5.41, 5.74) is -0.435. The van der Waals surface area contributed by atoms with Crippen molar-refractivity contribution in [3.05, 3.63) is 233 Å². The summed E-state index contributed by atoms with van der Waals surface area (Å²) >= 11 is 0. The molecule has 0 atom stereocenters. The predicted molar refractivity (Wildman–Crippen MR) is 280 cm³/mol. The molecule has 2 aromatic carbocycles. The maximum atomic E-state index is 10.7. The van der Waals surface area contributed by atoms with Crippen molar-refractivity contribution in [3.8, 4) is 0 Å². The van der Waals surface area contributed by atoms with E-state index in [9.17, 15) is 26.3 Å². The Morgan fingerprint density at radius 2 is 0.688 bits per heavy atom. The third-order valence-corrected chi connectivity index (χ3v) is 12.0. The molecule has 80 heavy (non-hydrogen) atoms. The molecule has 0 unspecified atom stereocenters. The number of pyridine rings is 5. The largest absolute Gasteiger partial charge is 3.00 e. The van der Waals surface area contributed by atoms with Crippen LogP contribution in [0.15, 0.2) is 198 Å². The van der Waals surface area contributed by atoms with Crippen LogP contribution in [0.3, 0.4) is 0 Å². The Morgan fingerprint density at radius 1 is 0.438 bits per heavy atom. The summed E-state index contributed by atoms with van der Waals surface area (Å²) in [6.45, 7) is 12.1. The van der Waals surface area contributed by atoms with Crippen molar-refractivity contribution < 1.29 is 98.3 Å². The number of rotatable bonds is 6. The first-order chi connectivity index (χ1) is 35.6. The number of benzene rings is 2. The van der Waals surface area contributed by atoms with Crippen LogP contribution in [0.4, 0.5) is 49.1 Å². The van der Waals surface area contributed by atoms with E-state index >= 15 is 0 Å². The molecule has 27 heteroatoms. The number of aliphatic imine (C=N–C) groups is 2. The van der Waals surface area contributed by atoms with Gasteiger partial charge in [0, 0.05) is 54.8 Å². The number of aromatic nitrogens is 5. The molecule has 0 aliphatic carbocycles. The van der Waals surface area contributed by atoms with Crippen LogP contribution in [0.2, 0.25) is 0 Å². The molecule has 2 N–H and O–H groups in total. The van der Waals surface area contributed by atoms with E-state index in [0.717, 1.165) is 79.7 Å². The Balaban J connectivity index is 0.000000616. The summed E-state index contributed by atoms with van der Waals surface area (Å²) in [5.74, 6) is 0. The molecule has 0 saturated carbocycles. The van der Waals surface area contributed by atoms with Crippen molar-refractivity contribution in [2.24, 2.45) is 9.98 Å². The molecule has 6 heterocycles. The topological polar surface area (TPSA) is 292 Å². The van der Waals surface area contributed by atoms with Crippen LogP contribution in [0, 0.1) is 0 Å². The number of hydrogen-bond acceptors (Lipinski definition) is 13. The van der Waals surface area contributed by atoms with E-state index in [4.69, 9.17) is 71.5 Å². The molecule has 17 nitrogen and oxygen atoms in total. The Kier molecular flexibility index (Phi) is 27.1. The normalized spacial score (nSPS) is 14.0. The van der Waals surface area contributed by atoms with Crippen LogP contribution in [0.5, 0.6) is 0 Å². The molecule has 2 radical (unpaired) electrons. The van der Waals surface area contributed by atoms with E-state index < -0.39 is 42.1 Å². The minimum absolute atomic E-state index is 0. The second-order valence-electron chi connectivity index (χ2n) is 16.6. The summed E-state index contributed by atoms with van der Waals surface area (Å²) in [6.07, 6.45) is 11.2. The first-order valence-corrected chi connectivity index (χ1v) is 25.2. The van der Waals surface area contributed by atoms with Crippen LogP contribution >= 0.6 is 0 Å². The fraction of sp³-hybridized carbons (Fsp3) is 0.189. The third kappa shape index (κ3) is 19.1. The zero-order chi connectivity index (χ0) is 56.0. The van der Waals surface area contributed by atoms with Crippen molar-refractivity contribution in [1.82, 2.24) is 24.9 Å². The molecule has 0 saturated heterocycles. The molecule has 5 aromatic heterocycles. The van der Waals surface area contributed by atoms with Crippen molar-refractivity contribution in [3.63, 3.8) is 0 Å². The van der Waals surface area contributed by atoms with E-state index in [2.05, 4.69) is 13.8 Å². The number of para-hydroxylation sites is 4. The number of hydrogen-bond donors (Lipinski definition) is 0. The Hall–Kier alpha value is -6.99. The Bertz CT molecular complexity index is 3150. The molecule has 1 aliphatic rings. The average Bonchev–Trinajstić information content (AvgIpc) is 3.37. The molecule has 7 aromatic rings. The zero-order valence-corrected chi connectivity index (χ0v) is 47.0. The molecular weight excluding hydrogens is 1180 g/mol. The molecule has 8 rings (SSSR count). The van der Waals surface area contributed by atoms with Gasteiger partial charge in [-0.1, -0.05) is 92.7 Å². The first kappa shape index (κ1) is 71.0. The van der Waals surface area contributed by atoms with Gasteiger partial charge in [0.05, 0.1) is 56.4 Å². The smallest absolute Gasteiger partial charge is 2.00 e. The number of alkyl halides is 6. The number of halogens is 6. The molecule has 0 bridgehead atoms. The maximum Gasteiger partial charge on any atom is 3.00 e. The van der Waals surface area contributed by atoms with Gasteiger partial charge in [-0.05, 0) is 100 Å². The SMILES string of the molecule is CC(c1ccccn1)(c1ccccn1)c1cccc(C(C)(c2ccccn2)c2ccccn2)n1.CC1=Nc2ccccc2N=C(C)/C=C(/C)[N-]c2ccccc2[N-]/C(C)=C\1.O.O=S(=O)([O-])C(F)(F)F.O=S(=O)([O-])C(F)(F)F.[Ni+3].[O-2].[V]. The van der Waals surface area contributed by atoms with E-state index in [1.54, 1.807) is 0 Å². The van der Waals surface area contributed by atoms with E-state index in [1.807, 2.05) is 204 Å². The fourth-order valence-electron chi connectivity index (χ4n) is 7.21. The second kappa shape index (κ2) is 30.6. The Morgan fingerprint density at radius 3 is 0.938 bits per heavy atom. The summed E-state index contributed by atoms with van der Waals surface area (Å²) in [7, 11) is -12.2. The van der Waals surface area contributed by atoms with Gasteiger partial charge in [0.15, 0.2) is 20.2 Å². The molecule has 0 amide bonds. The third-order valence-electron chi connectivity index (χ3n) is 10.8. The molecule has 426 valence electrons. The molecule has 1 aliphatic heterocycles. The monoisotopic (exact) mass is 1230 g/mol. The van der Waals surface area contributed by atoms with Crippen molar-refractivity contribution in [2.75, 3.05) is 0 Å². The molecular formula is C53H49F6N9NiO8S2V-3. The fourth-order valence-corrected chi connectivity index (χ4v) is 7.21. The maximum absolute atomic E-state index is 10.7. The van der Waals surface area contributed by atoms with Gasteiger partial charge in [-0.25, -0.2) is 16.8 Å². The van der Waals surface area contributed by atoms with Crippen molar-refractivity contribution >= 4 is 54.4 Å². The van der Waals surface area contributed by atoms with Crippen LogP contribution in [-0.4, -0.2) is 78.8 Å². The Labute approximate surface area is 481 Å². The van der Waals surface area contributed by atoms with Crippen LogP contribution in [-0.2, 0) is 71.6 Å². The second-order valence-corrected chi connectivity index (χ2v) is 19.3. The van der Waals surface area contributed by atoms with Crippen molar-refractivity contribution in [2.45, 2.75) is 63.4 Å². The van der Waals surface area contributed by atoms with E-state index in [-0.39, 0.29) is 46.0 Å². The van der Waals surface area contributed by atoms with Crippen LogP contribution < -0.4 is 0 Å². The van der Waals surface area contributed by atoms with Gasteiger partial charge >= 0.3 is 27.5 Å². The summed E-state index contributed by atoms with van der Waals surface area (Å²) in [4.78, 5) is 33.5. The van der Waals surface area contributed by atoms with E-state index in [0.29, 0.717) is 0 Å².